The van der Waals surface area contributed by atoms with E-state index in [1.165, 1.54) is 10.5 Å². The molecule has 0 amide bonds. The van der Waals surface area contributed by atoms with Crippen molar-refractivity contribution in [3.05, 3.63) is 76.6 Å². The minimum atomic E-state index is 0. The Morgan fingerprint density at radius 3 is 2.54 bits per heavy atom. The molecular weight excluding hydrogens is 519 g/mol. The Kier molecular flexibility index (Phi) is 10.3. The summed E-state index contributed by atoms with van der Waals surface area (Å²) in [5.74, 6) is 3.39. The van der Waals surface area contributed by atoms with Gasteiger partial charge < -0.3 is 10.3 Å². The van der Waals surface area contributed by atoms with Crippen molar-refractivity contribution in [1.29, 1.82) is 0 Å². The molecule has 0 radical (unpaired) electrons. The maximum atomic E-state index is 6.36. The Balaban J connectivity index is 0.00000342. The highest BCUT2D eigenvalue weighted by Crippen LogP contribution is 2.28. The lowest BCUT2D eigenvalue weighted by molar-refractivity contribution is 0.954. The summed E-state index contributed by atoms with van der Waals surface area (Å²) in [5.41, 5.74) is 5.16. The number of aromatic nitrogens is 5. The second-order valence-corrected chi connectivity index (χ2v) is 10.4. The summed E-state index contributed by atoms with van der Waals surface area (Å²) in [6.07, 6.45) is 4.86. The summed E-state index contributed by atoms with van der Waals surface area (Å²) in [5, 5.41) is 4.84. The van der Waals surface area contributed by atoms with E-state index < -0.39 is 0 Å². The number of imidazole rings is 1. The van der Waals surface area contributed by atoms with Crippen molar-refractivity contribution in [2.75, 3.05) is 16.8 Å². The average molecular weight is 548 g/mol. The molecule has 3 aromatic heterocycles. The zero-order valence-electron chi connectivity index (χ0n) is 19.8. The van der Waals surface area contributed by atoms with Crippen LogP contribution in [0.25, 0.3) is 11.3 Å². The number of aromatic amines is 1. The molecule has 4 aromatic rings. The van der Waals surface area contributed by atoms with Crippen molar-refractivity contribution in [2.45, 2.75) is 43.8 Å². The van der Waals surface area contributed by atoms with Crippen LogP contribution in [0, 0.1) is 20.8 Å². The molecule has 0 atom stereocenters. The lowest BCUT2D eigenvalue weighted by atomic mass is 10.2. The third-order valence-electron chi connectivity index (χ3n) is 5.23. The molecule has 184 valence electrons. The molecule has 35 heavy (non-hydrogen) atoms. The zero-order chi connectivity index (χ0) is 23.9. The van der Waals surface area contributed by atoms with Crippen LogP contribution in [0.1, 0.15) is 29.2 Å². The molecule has 0 aliphatic heterocycles. The summed E-state index contributed by atoms with van der Waals surface area (Å²) in [7, 11) is 0. The fourth-order valence-electron chi connectivity index (χ4n) is 3.43. The number of aryl methyl sites for hydroxylation is 2. The Hall–Kier alpha value is -2.26. The average Bonchev–Trinajstić information content (AvgIpc) is 3.31. The van der Waals surface area contributed by atoms with Gasteiger partial charge in [-0.1, -0.05) is 53.7 Å². The van der Waals surface area contributed by atoms with Crippen LogP contribution < -0.4 is 5.32 Å². The van der Waals surface area contributed by atoms with Gasteiger partial charge in [-0.25, -0.2) is 15.0 Å². The maximum absolute atomic E-state index is 6.36. The molecular formula is C25H28Cl2N6S2. The molecule has 3 heterocycles. The van der Waals surface area contributed by atoms with Crippen LogP contribution in [0.4, 0.5) is 5.82 Å². The summed E-state index contributed by atoms with van der Waals surface area (Å²) >= 11 is 9.98. The van der Waals surface area contributed by atoms with Gasteiger partial charge in [0.05, 0.1) is 29.8 Å². The molecule has 1 aromatic carbocycles. The van der Waals surface area contributed by atoms with Gasteiger partial charge in [-0.05, 0) is 50.1 Å². The number of halogens is 2. The van der Waals surface area contributed by atoms with Crippen LogP contribution in [0.2, 0.25) is 5.02 Å². The van der Waals surface area contributed by atoms with Gasteiger partial charge in [0.25, 0.3) is 0 Å². The van der Waals surface area contributed by atoms with Crippen molar-refractivity contribution in [3.63, 3.8) is 0 Å². The van der Waals surface area contributed by atoms with Gasteiger partial charge in [0.15, 0.2) is 5.16 Å². The van der Waals surface area contributed by atoms with Gasteiger partial charge in [-0.15, -0.1) is 24.2 Å². The smallest absolute Gasteiger partial charge is 0.165 e. The van der Waals surface area contributed by atoms with Gasteiger partial charge in [0.1, 0.15) is 16.7 Å². The van der Waals surface area contributed by atoms with Gasteiger partial charge in [0.2, 0.25) is 0 Å². The summed E-state index contributed by atoms with van der Waals surface area (Å²) < 4.78 is 0. The van der Waals surface area contributed by atoms with E-state index in [-0.39, 0.29) is 12.4 Å². The van der Waals surface area contributed by atoms with Crippen LogP contribution >= 0.6 is 47.5 Å². The third kappa shape index (κ3) is 7.36. The van der Waals surface area contributed by atoms with E-state index in [1.807, 2.05) is 56.2 Å². The SMILES string of the molecule is Cc1nc(C)c(Cl)c(NCc2nccc(SCCCSc3ncc(-c4ccccc4)[nH]3)c2C)n1.Cl. The summed E-state index contributed by atoms with van der Waals surface area (Å²) in [6.45, 7) is 6.43. The minimum absolute atomic E-state index is 0. The lowest BCUT2D eigenvalue weighted by Gasteiger charge is -2.13. The number of hydrogen-bond donors (Lipinski definition) is 2. The Bertz CT molecular complexity index is 1250. The normalized spacial score (nSPS) is 10.7. The quantitative estimate of drug-likeness (QED) is 0.161. The van der Waals surface area contributed by atoms with Crippen molar-refractivity contribution >= 4 is 53.3 Å². The van der Waals surface area contributed by atoms with E-state index in [1.54, 1.807) is 11.8 Å². The fraction of sp³-hybridized carbons (Fsp3) is 0.280. The van der Waals surface area contributed by atoms with Crippen molar-refractivity contribution in [2.24, 2.45) is 0 Å². The van der Waals surface area contributed by atoms with Crippen LogP contribution in [0.3, 0.4) is 0 Å². The lowest BCUT2D eigenvalue weighted by Crippen LogP contribution is -2.08. The maximum Gasteiger partial charge on any atom is 0.165 e. The second kappa shape index (κ2) is 13.2. The number of anilines is 1. The number of nitrogens with one attached hydrogen (secondary N) is 2. The molecule has 0 aliphatic carbocycles. The molecule has 0 bridgehead atoms. The molecule has 4 rings (SSSR count). The van der Waals surface area contributed by atoms with Crippen molar-refractivity contribution in [1.82, 2.24) is 24.9 Å². The van der Waals surface area contributed by atoms with E-state index in [0.29, 0.717) is 23.2 Å². The highest BCUT2D eigenvalue weighted by molar-refractivity contribution is 8.00. The van der Waals surface area contributed by atoms with Crippen molar-refractivity contribution in [3.8, 4) is 11.3 Å². The van der Waals surface area contributed by atoms with E-state index in [4.69, 9.17) is 11.6 Å². The molecule has 0 fully saturated rings. The number of pyridine rings is 1. The van der Waals surface area contributed by atoms with Gasteiger partial charge in [-0.3, -0.25) is 4.98 Å². The predicted octanol–water partition coefficient (Wildman–Crippen LogP) is 7.15. The molecule has 2 N–H and O–H groups in total. The van der Waals surface area contributed by atoms with Crippen molar-refractivity contribution < 1.29 is 0 Å². The van der Waals surface area contributed by atoms with E-state index in [0.717, 1.165) is 45.7 Å². The number of nitrogens with zero attached hydrogens (tertiary/aromatic N) is 4. The minimum Gasteiger partial charge on any atom is -0.363 e. The van der Waals surface area contributed by atoms with E-state index >= 15 is 0 Å². The Morgan fingerprint density at radius 1 is 0.971 bits per heavy atom. The van der Waals surface area contributed by atoms with Crippen LogP contribution in [-0.4, -0.2) is 36.4 Å². The first kappa shape index (κ1) is 27.3. The Morgan fingerprint density at radius 2 is 1.74 bits per heavy atom. The summed E-state index contributed by atoms with van der Waals surface area (Å²) in [4.78, 5) is 22.4. The molecule has 0 unspecified atom stereocenters. The molecule has 10 heteroatoms. The number of rotatable bonds is 10. The molecule has 0 aliphatic rings. The molecule has 0 spiro atoms. The molecule has 6 nitrogen and oxygen atoms in total. The molecule has 0 saturated heterocycles. The largest absolute Gasteiger partial charge is 0.363 e. The van der Waals surface area contributed by atoms with Crippen LogP contribution in [0.15, 0.2) is 58.8 Å². The predicted molar refractivity (Wildman–Crippen MR) is 150 cm³/mol. The Labute approximate surface area is 225 Å². The van der Waals surface area contributed by atoms with Crippen LogP contribution in [0.5, 0.6) is 0 Å². The van der Waals surface area contributed by atoms with Gasteiger partial charge in [0, 0.05) is 16.8 Å². The number of benzene rings is 1. The standard InChI is InChI=1S/C25H27ClN6S2.ClH/c1-16-20(14-28-24-23(26)17(2)30-18(3)31-24)27-11-10-22(16)33-12-7-13-34-25-29-15-21(32-25)19-8-5-4-6-9-19;/h4-6,8-11,15H,7,12-14H2,1-3H3,(H,29,32)(H,28,30,31);1H. The number of hydrogen-bond acceptors (Lipinski definition) is 7. The van der Waals surface area contributed by atoms with Gasteiger partial charge in [-0.2, -0.15) is 0 Å². The zero-order valence-corrected chi connectivity index (χ0v) is 23.0. The fourth-order valence-corrected chi connectivity index (χ4v) is 5.55. The monoisotopic (exact) mass is 546 g/mol. The van der Waals surface area contributed by atoms with Crippen LogP contribution in [-0.2, 0) is 6.54 Å². The molecule has 0 saturated carbocycles. The number of thioether (sulfide) groups is 2. The first-order valence-electron chi connectivity index (χ1n) is 11.1. The number of H-pyrrole nitrogens is 1. The summed E-state index contributed by atoms with van der Waals surface area (Å²) in [6, 6.07) is 12.4. The van der Waals surface area contributed by atoms with E-state index in [9.17, 15) is 0 Å². The first-order chi connectivity index (χ1) is 16.5. The second-order valence-electron chi connectivity index (χ2n) is 7.77. The topological polar surface area (TPSA) is 79.4 Å². The van der Waals surface area contributed by atoms with E-state index in [2.05, 4.69) is 55.4 Å². The highest BCUT2D eigenvalue weighted by atomic mass is 35.5. The first-order valence-corrected chi connectivity index (χ1v) is 13.4. The highest BCUT2D eigenvalue weighted by Gasteiger charge is 2.11. The third-order valence-corrected chi connectivity index (χ3v) is 7.91. The van der Waals surface area contributed by atoms with Gasteiger partial charge >= 0.3 is 0 Å².